The van der Waals surface area contributed by atoms with Crippen LogP contribution in [0.4, 0.5) is 0 Å². The molecule has 0 aliphatic rings. The number of hydrazine groups is 1. The van der Waals surface area contributed by atoms with E-state index in [0.29, 0.717) is 0 Å². The average molecular weight is 144 g/mol. The normalized spacial score (nSPS) is 13.2. The fourth-order valence-electron chi connectivity index (χ4n) is 1.36. The van der Waals surface area contributed by atoms with Crippen molar-refractivity contribution in [2.45, 2.75) is 33.2 Å². The van der Waals surface area contributed by atoms with Crippen molar-refractivity contribution in [1.82, 2.24) is 10.0 Å². The van der Waals surface area contributed by atoms with E-state index in [1.54, 1.807) is 0 Å². The Morgan fingerprint density at radius 3 is 1.50 bits per heavy atom. The van der Waals surface area contributed by atoms with Gasteiger partial charge in [-0.1, -0.05) is 6.92 Å². The van der Waals surface area contributed by atoms with E-state index >= 15 is 0 Å². The van der Waals surface area contributed by atoms with Gasteiger partial charge in [-0.25, -0.2) is 10.0 Å². The summed E-state index contributed by atoms with van der Waals surface area (Å²) in [5.74, 6) is 0. The Morgan fingerprint density at radius 2 is 1.50 bits per heavy atom. The van der Waals surface area contributed by atoms with Crippen LogP contribution < -0.4 is 0 Å². The summed E-state index contributed by atoms with van der Waals surface area (Å²) in [4.78, 5) is 0. The van der Waals surface area contributed by atoms with E-state index in [2.05, 4.69) is 51.8 Å². The summed E-state index contributed by atoms with van der Waals surface area (Å²) in [7, 11) is 4.16. The first-order valence-electron chi connectivity index (χ1n) is 3.84. The number of hydrogen-bond acceptors (Lipinski definition) is 2. The van der Waals surface area contributed by atoms with Gasteiger partial charge in [0.05, 0.1) is 0 Å². The first kappa shape index (κ1) is 9.92. The van der Waals surface area contributed by atoms with Crippen LogP contribution in [0.2, 0.25) is 0 Å². The van der Waals surface area contributed by atoms with Crippen molar-refractivity contribution in [3.8, 4) is 0 Å². The number of nitrogens with zero attached hydrogens (tertiary/aromatic N) is 2. The minimum absolute atomic E-state index is 0.248. The maximum Gasteiger partial charge on any atom is 0.0271 e. The van der Waals surface area contributed by atoms with Gasteiger partial charge in [-0.15, -0.1) is 0 Å². The van der Waals surface area contributed by atoms with Gasteiger partial charge >= 0.3 is 0 Å². The van der Waals surface area contributed by atoms with Gasteiger partial charge in [-0.05, 0) is 20.8 Å². The summed E-state index contributed by atoms with van der Waals surface area (Å²) in [6, 6.07) is 0. The third-order valence-electron chi connectivity index (χ3n) is 1.56. The first-order chi connectivity index (χ1) is 4.39. The van der Waals surface area contributed by atoms with Crippen molar-refractivity contribution in [1.29, 1.82) is 0 Å². The third kappa shape index (κ3) is 2.67. The first-order valence-corrected chi connectivity index (χ1v) is 3.84. The Labute approximate surface area is 64.8 Å². The van der Waals surface area contributed by atoms with Crippen molar-refractivity contribution in [2.75, 3.05) is 20.6 Å². The van der Waals surface area contributed by atoms with Gasteiger partial charge in [0.1, 0.15) is 0 Å². The Morgan fingerprint density at radius 1 is 1.10 bits per heavy atom. The molecule has 0 fully saturated rings. The van der Waals surface area contributed by atoms with Crippen LogP contribution in [0.5, 0.6) is 0 Å². The molecule has 10 heavy (non-hydrogen) atoms. The molecule has 0 bridgehead atoms. The molecule has 0 N–H and O–H groups in total. The summed E-state index contributed by atoms with van der Waals surface area (Å²) < 4.78 is 0. The molecule has 0 saturated carbocycles. The van der Waals surface area contributed by atoms with Crippen LogP contribution in [0.15, 0.2) is 0 Å². The van der Waals surface area contributed by atoms with Crippen molar-refractivity contribution >= 4 is 0 Å². The third-order valence-corrected chi connectivity index (χ3v) is 1.56. The van der Waals surface area contributed by atoms with E-state index < -0.39 is 0 Å². The predicted octanol–water partition coefficient (Wildman–Crippen LogP) is 1.58. The molecule has 0 amide bonds. The fourth-order valence-corrected chi connectivity index (χ4v) is 1.36. The van der Waals surface area contributed by atoms with E-state index in [0.717, 1.165) is 6.54 Å². The second kappa shape index (κ2) is 3.35. The highest BCUT2D eigenvalue weighted by atomic mass is 15.6. The Bertz CT molecular complexity index is 91.9. The molecule has 0 radical (unpaired) electrons. The minimum atomic E-state index is 0.248. The second-order valence-electron chi connectivity index (χ2n) is 3.73. The van der Waals surface area contributed by atoms with Gasteiger partial charge in [0.15, 0.2) is 0 Å². The van der Waals surface area contributed by atoms with Crippen LogP contribution >= 0.6 is 0 Å². The summed E-state index contributed by atoms with van der Waals surface area (Å²) in [6.07, 6.45) is 0. The highest BCUT2D eigenvalue weighted by Gasteiger charge is 2.20. The van der Waals surface area contributed by atoms with Crippen molar-refractivity contribution < 1.29 is 0 Å². The van der Waals surface area contributed by atoms with Gasteiger partial charge < -0.3 is 0 Å². The minimum Gasteiger partial charge on any atom is -0.247 e. The second-order valence-corrected chi connectivity index (χ2v) is 3.73. The summed E-state index contributed by atoms with van der Waals surface area (Å²) in [5, 5.41) is 4.45. The zero-order valence-electron chi connectivity index (χ0n) is 8.10. The molecule has 0 spiro atoms. The topological polar surface area (TPSA) is 6.48 Å². The van der Waals surface area contributed by atoms with Crippen LogP contribution in [0.3, 0.4) is 0 Å². The standard InChI is InChI=1S/C8H20N2/c1-7-10(9(5)6)8(2,3)4/h7H2,1-6H3. The molecule has 62 valence electrons. The lowest BCUT2D eigenvalue weighted by atomic mass is 10.1. The molecule has 2 heteroatoms. The SMILES string of the molecule is CCN(N(C)C)C(C)(C)C. The molecular formula is C8H20N2. The molecule has 0 aliphatic heterocycles. The smallest absolute Gasteiger partial charge is 0.0271 e. The molecule has 0 aromatic heterocycles. The Balaban J connectivity index is 4.07. The highest BCUT2D eigenvalue weighted by molar-refractivity contribution is 4.71. The van der Waals surface area contributed by atoms with Crippen molar-refractivity contribution in [2.24, 2.45) is 0 Å². The highest BCUT2D eigenvalue weighted by Crippen LogP contribution is 2.12. The van der Waals surface area contributed by atoms with Gasteiger partial charge in [0.2, 0.25) is 0 Å². The van der Waals surface area contributed by atoms with Crippen LogP contribution in [0.1, 0.15) is 27.7 Å². The summed E-state index contributed by atoms with van der Waals surface area (Å²) in [5.41, 5.74) is 0.248. The molecule has 2 nitrogen and oxygen atoms in total. The number of rotatable bonds is 2. The van der Waals surface area contributed by atoms with Gasteiger partial charge in [-0.3, -0.25) is 0 Å². The van der Waals surface area contributed by atoms with E-state index in [9.17, 15) is 0 Å². The van der Waals surface area contributed by atoms with E-state index in [1.165, 1.54) is 0 Å². The van der Waals surface area contributed by atoms with Crippen molar-refractivity contribution in [3.63, 3.8) is 0 Å². The van der Waals surface area contributed by atoms with E-state index in [-0.39, 0.29) is 5.54 Å². The zero-order chi connectivity index (χ0) is 8.36. The Hall–Kier alpha value is -0.0800. The molecule has 0 heterocycles. The summed E-state index contributed by atoms with van der Waals surface area (Å²) in [6.45, 7) is 9.89. The molecule has 0 unspecified atom stereocenters. The van der Waals surface area contributed by atoms with Gasteiger partial charge in [0.25, 0.3) is 0 Å². The molecule has 0 rings (SSSR count). The molecule has 0 aromatic rings. The van der Waals surface area contributed by atoms with Crippen LogP contribution in [-0.2, 0) is 0 Å². The predicted molar refractivity (Wildman–Crippen MR) is 45.8 cm³/mol. The monoisotopic (exact) mass is 144 g/mol. The summed E-state index contributed by atoms with van der Waals surface area (Å²) >= 11 is 0. The fraction of sp³-hybridized carbons (Fsp3) is 1.00. The van der Waals surface area contributed by atoms with Crippen LogP contribution in [0.25, 0.3) is 0 Å². The van der Waals surface area contributed by atoms with Crippen LogP contribution in [-0.4, -0.2) is 36.2 Å². The van der Waals surface area contributed by atoms with Crippen LogP contribution in [0, 0.1) is 0 Å². The largest absolute Gasteiger partial charge is 0.247 e. The molecular weight excluding hydrogens is 124 g/mol. The Kier molecular flexibility index (Phi) is 3.33. The lowest BCUT2D eigenvalue weighted by Gasteiger charge is -2.39. The van der Waals surface area contributed by atoms with E-state index in [1.807, 2.05) is 0 Å². The molecule has 0 aliphatic carbocycles. The molecule has 0 saturated heterocycles. The lowest BCUT2D eigenvalue weighted by Crippen LogP contribution is -2.49. The quantitative estimate of drug-likeness (QED) is 0.543. The maximum absolute atomic E-state index is 2.31. The molecule has 0 atom stereocenters. The van der Waals surface area contributed by atoms with Gasteiger partial charge in [-0.2, -0.15) is 0 Å². The number of hydrogen-bond donors (Lipinski definition) is 0. The zero-order valence-corrected chi connectivity index (χ0v) is 8.10. The lowest BCUT2D eigenvalue weighted by molar-refractivity contribution is -0.0483. The average Bonchev–Trinajstić information content (AvgIpc) is 1.60. The maximum atomic E-state index is 2.31. The molecule has 0 aromatic carbocycles. The van der Waals surface area contributed by atoms with Crippen molar-refractivity contribution in [3.05, 3.63) is 0 Å². The van der Waals surface area contributed by atoms with Gasteiger partial charge in [0, 0.05) is 26.2 Å². The van der Waals surface area contributed by atoms with E-state index in [4.69, 9.17) is 0 Å².